The molecule has 0 radical (unpaired) electrons. The van der Waals surface area contributed by atoms with Crippen LogP contribution in [-0.4, -0.2) is 37.4 Å². The number of allylic oxidation sites excluding steroid dienone is 4. The van der Waals surface area contributed by atoms with Crippen LogP contribution in [0.5, 0.6) is 0 Å². The molecule has 4 aliphatic heterocycles. The van der Waals surface area contributed by atoms with Gasteiger partial charge in [0.15, 0.2) is 0 Å². The molecule has 234 valence electrons. The van der Waals surface area contributed by atoms with Gasteiger partial charge < -0.3 is 0 Å². The first-order valence-corrected chi connectivity index (χ1v) is 23.9. The van der Waals surface area contributed by atoms with Crippen molar-refractivity contribution in [2.24, 2.45) is 9.98 Å². The third kappa shape index (κ3) is 4.61. The van der Waals surface area contributed by atoms with Gasteiger partial charge in [-0.05, 0) is 0 Å². The summed E-state index contributed by atoms with van der Waals surface area (Å²) in [6.45, 7) is 0. The third-order valence-corrected chi connectivity index (χ3v) is 18.1. The van der Waals surface area contributed by atoms with Crippen molar-refractivity contribution in [2.75, 3.05) is 0 Å². The number of nitrogens with zero attached hydrogens (tertiary/aromatic N) is 4. The number of rotatable bonds is 4. The van der Waals surface area contributed by atoms with Gasteiger partial charge in [0.1, 0.15) is 0 Å². The summed E-state index contributed by atoms with van der Waals surface area (Å²) < 4.78 is 4.98. The van der Waals surface area contributed by atoms with E-state index in [1.807, 2.05) is 0 Å². The van der Waals surface area contributed by atoms with Gasteiger partial charge >= 0.3 is 304 Å². The zero-order chi connectivity index (χ0) is 33.2. The fourth-order valence-corrected chi connectivity index (χ4v) is 16.3. The van der Waals surface area contributed by atoms with E-state index < -0.39 is 20.8 Å². The van der Waals surface area contributed by atoms with Crippen molar-refractivity contribution in [3.05, 3.63) is 226 Å². The van der Waals surface area contributed by atoms with Crippen LogP contribution in [0.3, 0.4) is 0 Å². The average Bonchev–Trinajstić information content (AvgIpc) is 3.99. The van der Waals surface area contributed by atoms with Crippen LogP contribution in [0.2, 0.25) is 0 Å². The molecular formula is C44H28ClInN4. The van der Waals surface area contributed by atoms with E-state index in [0.29, 0.717) is 0 Å². The zero-order valence-corrected chi connectivity index (χ0v) is 31.0. The first-order valence-electron chi connectivity index (χ1n) is 16.8. The topological polar surface area (TPSA) is 34.6 Å². The summed E-state index contributed by atoms with van der Waals surface area (Å²) in [5.41, 5.74) is 14.6. The molecule has 0 spiro atoms. The van der Waals surface area contributed by atoms with Crippen LogP contribution in [-0.2, 0) is 0 Å². The Morgan fingerprint density at radius 1 is 0.380 bits per heavy atom. The van der Waals surface area contributed by atoms with E-state index in [1.54, 1.807) is 0 Å². The molecular weight excluding hydrogens is 735 g/mol. The fraction of sp³-hybridized carbons (Fsp3) is 0. The molecule has 0 fully saturated rings. The standard InChI is InChI=1S/C44H28N4.ClH.In/c1-5-13-29(14-6-1)41-33-21-23-35(45-33)42(30-15-7-2-8-16-30)37-25-27-39(47-37)44(32-19-11-4-12-20-32)40-28-26-38(48-40)43(31-17-9-3-10-18-31)36-24-22-34(41)46-36;;/h1-28H;1H;/q-2;;+3/p-1. The van der Waals surface area contributed by atoms with Gasteiger partial charge in [-0.25, -0.2) is 0 Å². The van der Waals surface area contributed by atoms with Gasteiger partial charge in [-0.15, -0.1) is 0 Å². The number of aliphatic imine (C=N–C) groups is 2. The molecule has 10 rings (SSSR count). The molecule has 4 nitrogen and oxygen atoms in total. The van der Waals surface area contributed by atoms with Crippen molar-refractivity contribution < 1.29 is 0 Å². The van der Waals surface area contributed by atoms with E-state index >= 15 is 0 Å². The van der Waals surface area contributed by atoms with Crippen LogP contribution < -0.4 is 10.7 Å². The molecule has 2 aromatic heterocycles. The van der Waals surface area contributed by atoms with Gasteiger partial charge in [0.2, 0.25) is 0 Å². The number of hydrogen-bond acceptors (Lipinski definition) is 2. The summed E-state index contributed by atoms with van der Waals surface area (Å²) in [7, 11) is 8.30. The second kappa shape index (κ2) is 11.9. The number of benzene rings is 4. The van der Waals surface area contributed by atoms with Gasteiger partial charge in [-0.2, -0.15) is 0 Å². The van der Waals surface area contributed by atoms with Gasteiger partial charge in [0, 0.05) is 0 Å². The summed E-state index contributed by atoms with van der Waals surface area (Å²) in [5, 5.41) is 2.14. The molecule has 6 aromatic rings. The van der Waals surface area contributed by atoms with Crippen LogP contribution in [0, 0.1) is 0 Å². The molecule has 6 bridgehead atoms. The summed E-state index contributed by atoms with van der Waals surface area (Å²) in [6, 6.07) is 51.4. The molecule has 4 aromatic carbocycles. The monoisotopic (exact) mass is 762 g/mol. The van der Waals surface area contributed by atoms with Crippen LogP contribution in [0.15, 0.2) is 191 Å². The Balaban J connectivity index is 1.45. The van der Waals surface area contributed by atoms with E-state index in [1.165, 1.54) is 0 Å². The van der Waals surface area contributed by atoms with E-state index in [0.717, 1.165) is 89.4 Å². The van der Waals surface area contributed by atoms with Crippen molar-refractivity contribution >= 4 is 63.1 Å². The molecule has 0 amide bonds. The Morgan fingerprint density at radius 2 is 0.740 bits per heavy atom. The molecule has 0 saturated heterocycles. The maximum absolute atomic E-state index is 8.30. The molecule has 0 saturated carbocycles. The SMILES string of the molecule is [Cl][In]1[n]2c3ccc2C(c2ccccc2)=C2C=CC(=N2)C(c2ccccc2)=c2ccc([n]21)=C(c1ccccc1)C1=NC(=C3c2ccccc2)C=C1. The average molecular weight is 763 g/mol. The molecule has 0 N–H and O–H groups in total. The predicted molar refractivity (Wildman–Crippen MR) is 206 cm³/mol. The van der Waals surface area contributed by atoms with Gasteiger partial charge in [-0.3, -0.25) is 0 Å². The third-order valence-electron chi connectivity index (χ3n) is 9.84. The second-order valence-corrected chi connectivity index (χ2v) is 20.0. The van der Waals surface area contributed by atoms with E-state index in [-0.39, 0.29) is 0 Å². The predicted octanol–water partition coefficient (Wildman–Crippen LogP) is 7.88. The van der Waals surface area contributed by atoms with E-state index in [2.05, 4.69) is 175 Å². The van der Waals surface area contributed by atoms with Gasteiger partial charge in [-0.1, -0.05) is 0 Å². The Labute approximate surface area is 302 Å². The number of hydrogen-bond donors (Lipinski definition) is 0. The molecule has 50 heavy (non-hydrogen) atoms. The molecule has 0 aliphatic carbocycles. The van der Waals surface area contributed by atoms with Crippen LogP contribution >= 0.6 is 8.58 Å². The maximum atomic E-state index is 8.30. The quantitative estimate of drug-likeness (QED) is 0.175. The number of halogens is 1. The Kier molecular flexibility index (Phi) is 7.03. The summed E-state index contributed by atoms with van der Waals surface area (Å²) >= 11 is -3.71. The summed E-state index contributed by atoms with van der Waals surface area (Å²) in [5.74, 6) is 0. The Morgan fingerprint density at radius 3 is 1.12 bits per heavy atom. The Hall–Kier alpha value is -5.36. The molecule has 4 aliphatic rings. The van der Waals surface area contributed by atoms with Gasteiger partial charge in [0.05, 0.1) is 0 Å². The summed E-state index contributed by atoms with van der Waals surface area (Å²) in [4.78, 5) is 10.9. The van der Waals surface area contributed by atoms with Crippen LogP contribution in [0.25, 0.3) is 22.3 Å². The van der Waals surface area contributed by atoms with Crippen molar-refractivity contribution in [2.45, 2.75) is 0 Å². The second-order valence-electron chi connectivity index (χ2n) is 12.7. The molecule has 0 atom stereocenters. The van der Waals surface area contributed by atoms with E-state index in [4.69, 9.17) is 18.6 Å². The molecule has 6 heteroatoms. The van der Waals surface area contributed by atoms with Crippen molar-refractivity contribution in [1.82, 2.24) is 5.11 Å². The minimum atomic E-state index is -3.71. The first-order chi connectivity index (χ1) is 24.7. The van der Waals surface area contributed by atoms with Gasteiger partial charge in [0.25, 0.3) is 0 Å². The van der Waals surface area contributed by atoms with Crippen LogP contribution in [0.4, 0.5) is 0 Å². The van der Waals surface area contributed by atoms with Crippen molar-refractivity contribution in [3.8, 4) is 0 Å². The zero-order valence-electron chi connectivity index (χ0n) is 26.9. The Bertz CT molecular complexity index is 2490. The van der Waals surface area contributed by atoms with Crippen molar-refractivity contribution in [3.63, 3.8) is 0 Å². The molecule has 6 heterocycles. The number of fused-ring (bicyclic) bond motifs is 2. The first kappa shape index (κ1) is 29.5. The number of aromatic nitrogens is 2. The minimum absolute atomic E-state index is 0.930. The fourth-order valence-electron chi connectivity index (χ4n) is 7.69. The van der Waals surface area contributed by atoms with E-state index in [9.17, 15) is 0 Å². The normalized spacial score (nSPS) is 15.9. The van der Waals surface area contributed by atoms with Crippen LogP contribution in [0.1, 0.15) is 33.6 Å². The molecule has 0 unspecified atom stereocenters. The van der Waals surface area contributed by atoms with Crippen molar-refractivity contribution in [1.29, 1.82) is 0 Å². The summed E-state index contributed by atoms with van der Waals surface area (Å²) in [6.07, 6.45) is 8.67.